The monoisotopic (exact) mass is 437 g/mol. The van der Waals surface area contributed by atoms with Gasteiger partial charge in [0.2, 0.25) is 0 Å². The van der Waals surface area contributed by atoms with Crippen LogP contribution in [0.2, 0.25) is 5.02 Å². The molecule has 0 aliphatic carbocycles. The number of ketones is 1. The van der Waals surface area contributed by atoms with Crippen molar-refractivity contribution in [2.75, 3.05) is 25.1 Å². The largest absolute Gasteiger partial charge is 0.490 e. The molecule has 0 aromatic heterocycles. The van der Waals surface area contributed by atoms with Crippen LogP contribution in [0.25, 0.3) is 0 Å². The van der Waals surface area contributed by atoms with Gasteiger partial charge in [0.05, 0.1) is 13.2 Å². The molecule has 1 aliphatic heterocycles. The zero-order valence-electron chi connectivity index (χ0n) is 16.6. The minimum absolute atomic E-state index is 0.115. The molecule has 1 N–H and O–H groups in total. The van der Waals surface area contributed by atoms with Gasteiger partial charge in [0, 0.05) is 34.3 Å². The fourth-order valence-corrected chi connectivity index (χ4v) is 3.18. The van der Waals surface area contributed by atoms with Crippen molar-refractivity contribution in [3.05, 3.63) is 82.9 Å². The number of ether oxygens (including phenoxy) is 3. The molecule has 1 heterocycles. The van der Waals surface area contributed by atoms with E-state index in [0.29, 0.717) is 52.3 Å². The van der Waals surface area contributed by atoms with Gasteiger partial charge in [-0.15, -0.1) is 0 Å². The molecule has 1 amide bonds. The first kappa shape index (κ1) is 20.8. The first-order valence-corrected chi connectivity index (χ1v) is 10.2. The van der Waals surface area contributed by atoms with Crippen molar-refractivity contribution < 1.29 is 23.8 Å². The zero-order valence-corrected chi connectivity index (χ0v) is 17.4. The molecule has 0 unspecified atom stereocenters. The molecule has 0 fully saturated rings. The van der Waals surface area contributed by atoms with Gasteiger partial charge in [-0.1, -0.05) is 11.6 Å². The van der Waals surface area contributed by atoms with Crippen molar-refractivity contribution in [1.82, 2.24) is 0 Å². The summed E-state index contributed by atoms with van der Waals surface area (Å²) in [5, 5.41) is 3.35. The highest BCUT2D eigenvalue weighted by molar-refractivity contribution is 6.30. The predicted octanol–water partition coefficient (Wildman–Crippen LogP) is 4.75. The summed E-state index contributed by atoms with van der Waals surface area (Å²) in [5.74, 6) is 1.34. The van der Waals surface area contributed by atoms with Gasteiger partial charge in [0.15, 0.2) is 23.9 Å². The molecule has 0 atom stereocenters. The third kappa shape index (κ3) is 5.35. The number of rotatable bonds is 6. The van der Waals surface area contributed by atoms with Crippen molar-refractivity contribution >= 4 is 29.0 Å². The van der Waals surface area contributed by atoms with Crippen molar-refractivity contribution in [3.8, 4) is 17.2 Å². The van der Waals surface area contributed by atoms with E-state index in [1.165, 1.54) is 0 Å². The molecular formula is C24H20ClNO5. The van der Waals surface area contributed by atoms with E-state index >= 15 is 0 Å². The van der Waals surface area contributed by atoms with Crippen molar-refractivity contribution in [2.45, 2.75) is 6.42 Å². The van der Waals surface area contributed by atoms with Crippen LogP contribution in [0.1, 0.15) is 22.3 Å². The number of fused-ring (bicyclic) bond motifs is 1. The van der Waals surface area contributed by atoms with Gasteiger partial charge in [0.1, 0.15) is 5.75 Å². The molecule has 3 aromatic rings. The lowest BCUT2D eigenvalue weighted by molar-refractivity contribution is -0.118. The summed E-state index contributed by atoms with van der Waals surface area (Å²) in [4.78, 5) is 24.7. The maximum atomic E-state index is 12.5. The maximum Gasteiger partial charge on any atom is 0.262 e. The van der Waals surface area contributed by atoms with Gasteiger partial charge in [0.25, 0.3) is 5.91 Å². The zero-order chi connectivity index (χ0) is 21.6. The number of halogens is 1. The summed E-state index contributed by atoms with van der Waals surface area (Å²) < 4.78 is 16.7. The van der Waals surface area contributed by atoms with Crippen LogP contribution in [0.3, 0.4) is 0 Å². The van der Waals surface area contributed by atoms with E-state index in [4.69, 9.17) is 25.8 Å². The average molecular weight is 438 g/mol. The molecular weight excluding hydrogens is 418 g/mol. The Bertz CT molecular complexity index is 1080. The number of hydrogen-bond donors (Lipinski definition) is 1. The van der Waals surface area contributed by atoms with Crippen LogP contribution in [0.15, 0.2) is 66.7 Å². The van der Waals surface area contributed by atoms with Gasteiger partial charge < -0.3 is 19.5 Å². The van der Waals surface area contributed by atoms with Gasteiger partial charge in [-0.25, -0.2) is 0 Å². The van der Waals surface area contributed by atoms with Crippen molar-refractivity contribution in [2.24, 2.45) is 0 Å². The van der Waals surface area contributed by atoms with Crippen LogP contribution in [0.4, 0.5) is 5.69 Å². The summed E-state index contributed by atoms with van der Waals surface area (Å²) >= 11 is 5.86. The predicted molar refractivity (Wildman–Crippen MR) is 118 cm³/mol. The first-order chi connectivity index (χ1) is 15.1. The summed E-state index contributed by atoms with van der Waals surface area (Å²) in [6.45, 7) is 1.01. The van der Waals surface area contributed by atoms with E-state index < -0.39 is 0 Å². The quantitative estimate of drug-likeness (QED) is 0.563. The second kappa shape index (κ2) is 9.53. The number of amides is 1. The molecule has 7 heteroatoms. The smallest absolute Gasteiger partial charge is 0.262 e. The van der Waals surface area contributed by atoms with Crippen LogP contribution in [-0.2, 0) is 4.79 Å². The van der Waals surface area contributed by atoms with Crippen LogP contribution in [0, 0.1) is 0 Å². The van der Waals surface area contributed by atoms with Crippen molar-refractivity contribution in [3.63, 3.8) is 0 Å². The van der Waals surface area contributed by atoms with E-state index in [-0.39, 0.29) is 18.3 Å². The standard InChI is InChI=1S/C24H20ClNO5/c25-18-6-2-16(3-7-18)24(28)17-4-9-20(10-5-17)31-15-23(27)26-19-8-11-21-22(14-19)30-13-1-12-29-21/h2-11,14H,1,12-13,15H2,(H,26,27). The lowest BCUT2D eigenvalue weighted by atomic mass is 10.0. The fourth-order valence-electron chi connectivity index (χ4n) is 3.06. The SMILES string of the molecule is O=C(COc1ccc(C(=O)c2ccc(Cl)cc2)cc1)Nc1ccc2c(c1)OCCCO2. The van der Waals surface area contributed by atoms with E-state index in [9.17, 15) is 9.59 Å². The van der Waals surface area contributed by atoms with Crippen LogP contribution >= 0.6 is 11.6 Å². The number of carbonyl (C=O) groups excluding carboxylic acids is 2. The third-order valence-corrected chi connectivity index (χ3v) is 4.88. The third-order valence-electron chi connectivity index (χ3n) is 4.62. The molecule has 31 heavy (non-hydrogen) atoms. The molecule has 3 aromatic carbocycles. The molecule has 4 rings (SSSR count). The number of carbonyl (C=O) groups is 2. The molecule has 158 valence electrons. The summed E-state index contributed by atoms with van der Waals surface area (Å²) in [7, 11) is 0. The lowest BCUT2D eigenvalue weighted by Gasteiger charge is -2.11. The van der Waals surface area contributed by atoms with Gasteiger partial charge in [-0.05, 0) is 60.7 Å². The molecule has 0 spiro atoms. The molecule has 0 saturated carbocycles. The summed E-state index contributed by atoms with van der Waals surface area (Å²) in [6, 6.07) is 18.6. The van der Waals surface area contributed by atoms with Gasteiger partial charge in [-0.2, -0.15) is 0 Å². The Labute approximate surface area is 184 Å². The van der Waals surface area contributed by atoms with Crippen molar-refractivity contribution in [1.29, 1.82) is 0 Å². The Kier molecular flexibility index (Phi) is 6.38. The van der Waals surface area contributed by atoms with Crippen LogP contribution in [-0.4, -0.2) is 31.5 Å². The minimum atomic E-state index is -0.309. The van der Waals surface area contributed by atoms with E-state index in [1.54, 1.807) is 66.7 Å². The van der Waals surface area contributed by atoms with Gasteiger partial charge >= 0.3 is 0 Å². The fraction of sp³-hybridized carbons (Fsp3) is 0.167. The number of benzene rings is 3. The summed E-state index contributed by atoms with van der Waals surface area (Å²) in [5.41, 5.74) is 1.67. The number of anilines is 1. The Morgan fingerprint density at radius 1 is 0.871 bits per heavy atom. The average Bonchev–Trinajstić information content (AvgIpc) is 3.03. The molecule has 0 radical (unpaired) electrons. The van der Waals surface area contributed by atoms with E-state index in [1.807, 2.05) is 0 Å². The highest BCUT2D eigenvalue weighted by Gasteiger charge is 2.13. The van der Waals surface area contributed by atoms with Gasteiger partial charge in [-0.3, -0.25) is 9.59 Å². The normalized spacial score (nSPS) is 12.5. The Hall–Kier alpha value is -3.51. The van der Waals surface area contributed by atoms with E-state index in [2.05, 4.69) is 5.32 Å². The van der Waals surface area contributed by atoms with Crippen LogP contribution in [0.5, 0.6) is 17.2 Å². The number of hydrogen-bond acceptors (Lipinski definition) is 5. The Morgan fingerprint density at radius 3 is 2.23 bits per heavy atom. The van der Waals surface area contributed by atoms with Crippen LogP contribution < -0.4 is 19.5 Å². The minimum Gasteiger partial charge on any atom is -0.490 e. The topological polar surface area (TPSA) is 73.9 Å². The summed E-state index contributed by atoms with van der Waals surface area (Å²) in [6.07, 6.45) is 0.814. The maximum absolute atomic E-state index is 12.5. The lowest BCUT2D eigenvalue weighted by Crippen LogP contribution is -2.20. The first-order valence-electron chi connectivity index (χ1n) is 9.81. The highest BCUT2D eigenvalue weighted by atomic mass is 35.5. The van der Waals surface area contributed by atoms with E-state index in [0.717, 1.165) is 6.42 Å². The molecule has 1 aliphatic rings. The second-order valence-electron chi connectivity index (χ2n) is 6.91. The molecule has 0 bridgehead atoms. The number of nitrogens with one attached hydrogen (secondary N) is 1. The molecule has 6 nitrogen and oxygen atoms in total. The highest BCUT2D eigenvalue weighted by Crippen LogP contribution is 2.32. The Balaban J connectivity index is 1.32. The second-order valence-corrected chi connectivity index (χ2v) is 7.35. The molecule has 0 saturated heterocycles. The Morgan fingerprint density at radius 2 is 1.52 bits per heavy atom.